The smallest absolute Gasteiger partial charge is 1.00 e. The van der Waals surface area contributed by atoms with E-state index in [0.717, 1.165) is 18.3 Å². The van der Waals surface area contributed by atoms with Gasteiger partial charge >= 0.3 is 49.1 Å². The van der Waals surface area contributed by atoms with Crippen molar-refractivity contribution >= 4 is 0 Å². The fraction of sp³-hybridized carbons (Fsp3) is 1.00. The number of hydrogen-bond donors (Lipinski definition) is 0. The molecule has 0 aliphatic heterocycles. The number of alkyl halides is 3. The molecule has 0 radical (unpaired) electrons. The van der Waals surface area contributed by atoms with Gasteiger partial charge in [-0.05, 0) is 0 Å². The second kappa shape index (κ2) is 4.97. The predicted molar refractivity (Wildman–Crippen MR) is 15.5 cm³/mol. The topological polar surface area (TPSA) is 0 Å². The summed E-state index contributed by atoms with van der Waals surface area (Å²) in [5.74, 6) is 0. The number of hydrogen-bond acceptors (Lipinski definition) is 0. The van der Waals surface area contributed by atoms with Gasteiger partial charge in [0.1, 0.15) is 0 Å². The van der Waals surface area contributed by atoms with Crippen LogP contribution in [0.5, 0.6) is 0 Å². The summed E-state index contributed by atoms with van der Waals surface area (Å²) in [4.78, 5) is 0. The van der Waals surface area contributed by atoms with Gasteiger partial charge in [0.15, 0.2) is 0 Å². The maximum Gasteiger partial charge on any atom is -1.00 e. The van der Waals surface area contributed by atoms with Crippen LogP contribution in [-0.2, 0) is 18.3 Å². The van der Waals surface area contributed by atoms with Gasteiger partial charge in [0.25, 0.3) is 0 Å². The second-order valence-corrected chi connectivity index (χ2v) is 2.70. The van der Waals surface area contributed by atoms with Gasteiger partial charge in [0.05, 0.1) is 0 Å². The van der Waals surface area contributed by atoms with Gasteiger partial charge in [-0.25, -0.2) is 0 Å². The summed E-state index contributed by atoms with van der Waals surface area (Å²) in [7, 11) is 0. The van der Waals surface area contributed by atoms with Crippen molar-refractivity contribution in [2.24, 2.45) is 0 Å². The minimum Gasteiger partial charge on any atom is -1.00 e. The van der Waals surface area contributed by atoms with Crippen LogP contribution in [0.25, 0.3) is 0 Å². The van der Waals surface area contributed by atoms with Crippen LogP contribution < -0.4 is 24.0 Å². The second-order valence-electron chi connectivity index (χ2n) is 1.22. The molecule has 0 atom stereocenters. The Morgan fingerprint density at radius 3 is 1.62 bits per heavy atom. The summed E-state index contributed by atoms with van der Waals surface area (Å²) in [6, 6.07) is 0. The zero-order valence-corrected chi connectivity index (χ0v) is 9.26. The van der Waals surface area contributed by atoms with Gasteiger partial charge in [0.2, 0.25) is 0 Å². The third-order valence-electron chi connectivity index (χ3n) is 0.460. The van der Waals surface area contributed by atoms with E-state index < -0.39 is 12.6 Å². The SMILES string of the molecule is FC(F)(F)C[CH2][Zn+].[I-]. The third-order valence-corrected chi connectivity index (χ3v) is 1.20. The van der Waals surface area contributed by atoms with Crippen LogP contribution in [0.15, 0.2) is 0 Å². The molecule has 0 aliphatic rings. The summed E-state index contributed by atoms with van der Waals surface area (Å²) in [6.07, 6.45) is -4.52. The van der Waals surface area contributed by atoms with Crippen LogP contribution >= 0.6 is 0 Å². The Labute approximate surface area is 72.9 Å². The van der Waals surface area contributed by atoms with Crippen LogP contribution in [-0.4, -0.2) is 6.18 Å². The first kappa shape index (κ1) is 11.9. The number of rotatable bonds is 1. The molecule has 0 unspecified atom stereocenters. The van der Waals surface area contributed by atoms with E-state index in [-0.39, 0.29) is 24.0 Å². The molecule has 0 aromatic heterocycles. The van der Waals surface area contributed by atoms with E-state index in [9.17, 15) is 13.2 Å². The quantitative estimate of drug-likeness (QED) is 0.425. The molecule has 0 fully saturated rings. The molecule has 0 amide bonds. The molecule has 0 aliphatic carbocycles. The Hall–Kier alpha value is 1.14. The molecule has 0 spiro atoms. The van der Waals surface area contributed by atoms with Crippen molar-refractivity contribution in [2.45, 2.75) is 17.6 Å². The number of halogens is 4. The van der Waals surface area contributed by atoms with Gasteiger partial charge in [-0.15, -0.1) is 0 Å². The molecule has 0 aromatic rings. The maximum atomic E-state index is 11.1. The van der Waals surface area contributed by atoms with E-state index in [0.29, 0.717) is 5.02 Å². The normalized spacial score (nSPS) is 10.6. The minimum absolute atomic E-state index is 0. The van der Waals surface area contributed by atoms with E-state index in [2.05, 4.69) is 0 Å². The maximum absolute atomic E-state index is 11.1. The Balaban J connectivity index is 0. The largest absolute Gasteiger partial charge is 1.00 e. The molecule has 5 heteroatoms. The molecule has 0 saturated carbocycles. The monoisotopic (exact) mass is 288 g/mol. The Morgan fingerprint density at radius 1 is 1.25 bits per heavy atom. The first-order chi connectivity index (χ1) is 3.06. The van der Waals surface area contributed by atoms with Crippen molar-refractivity contribution in [1.82, 2.24) is 0 Å². The fourth-order valence-electron chi connectivity index (χ4n) is 0.200. The van der Waals surface area contributed by atoms with Gasteiger partial charge < -0.3 is 24.0 Å². The van der Waals surface area contributed by atoms with Crippen molar-refractivity contribution < 1.29 is 55.5 Å². The van der Waals surface area contributed by atoms with Crippen molar-refractivity contribution in [3.05, 3.63) is 0 Å². The Morgan fingerprint density at radius 2 is 1.62 bits per heavy atom. The average molecular weight is 289 g/mol. The average Bonchev–Trinajstić information content (AvgIpc) is 1.30. The van der Waals surface area contributed by atoms with Crippen LogP contribution in [0, 0.1) is 0 Å². The molecule has 0 N–H and O–H groups in total. The van der Waals surface area contributed by atoms with Crippen LogP contribution in [0.3, 0.4) is 0 Å². The zero-order chi connectivity index (χ0) is 5.91. The summed E-state index contributed by atoms with van der Waals surface area (Å²) in [5.41, 5.74) is 0. The van der Waals surface area contributed by atoms with Gasteiger partial charge in [-0.3, -0.25) is 0 Å². The van der Waals surface area contributed by atoms with Crippen LogP contribution in [0.4, 0.5) is 13.2 Å². The molecule has 0 aromatic carbocycles. The van der Waals surface area contributed by atoms with E-state index in [4.69, 9.17) is 0 Å². The van der Waals surface area contributed by atoms with Crippen LogP contribution in [0.2, 0.25) is 5.02 Å². The molecular weight excluding hydrogens is 285 g/mol. The molecule has 0 nitrogen and oxygen atoms in total. The molecule has 8 heavy (non-hydrogen) atoms. The van der Waals surface area contributed by atoms with E-state index in [1.807, 2.05) is 0 Å². The molecule has 0 saturated heterocycles. The van der Waals surface area contributed by atoms with Gasteiger partial charge in [0, 0.05) is 0 Å². The molecule has 0 bridgehead atoms. The summed E-state index contributed by atoms with van der Waals surface area (Å²) in [6.45, 7) is 0. The first-order valence-corrected chi connectivity index (χ1v) is 4.02. The molecule has 0 heterocycles. The molecule has 46 valence electrons. The van der Waals surface area contributed by atoms with Gasteiger partial charge in [-0.1, -0.05) is 0 Å². The predicted octanol–water partition coefficient (Wildman–Crippen LogP) is -1.09. The molecular formula is C3H4F3IZn. The van der Waals surface area contributed by atoms with Crippen molar-refractivity contribution in [2.75, 3.05) is 0 Å². The zero-order valence-electron chi connectivity index (χ0n) is 4.13. The third kappa shape index (κ3) is 10.2. The Kier molecular flexibility index (Phi) is 7.38. The minimum atomic E-state index is -3.92. The first-order valence-electron chi connectivity index (χ1n) is 1.92. The van der Waals surface area contributed by atoms with E-state index in [1.165, 1.54) is 0 Å². The summed E-state index contributed by atoms with van der Waals surface area (Å²) < 4.78 is 33.2. The summed E-state index contributed by atoms with van der Waals surface area (Å²) >= 11 is 0.736. The molecule has 0 rings (SSSR count). The fourth-order valence-corrected chi connectivity index (χ4v) is 1.04. The van der Waals surface area contributed by atoms with Crippen molar-refractivity contribution in [3.63, 3.8) is 0 Å². The van der Waals surface area contributed by atoms with Crippen molar-refractivity contribution in [3.8, 4) is 0 Å². The standard InChI is InChI=1S/C3H4F3.HI.Zn/c1-2-3(4,5)6;;/h1-2H2;1H;/q;;+1/p-1. The Bertz CT molecular complexity index is 53.0. The summed E-state index contributed by atoms with van der Waals surface area (Å²) in [5, 5.41) is 0.309. The van der Waals surface area contributed by atoms with E-state index >= 15 is 0 Å². The van der Waals surface area contributed by atoms with Gasteiger partial charge in [-0.2, -0.15) is 0 Å². The van der Waals surface area contributed by atoms with E-state index in [1.54, 1.807) is 0 Å². The van der Waals surface area contributed by atoms with Crippen LogP contribution in [0.1, 0.15) is 6.42 Å². The van der Waals surface area contributed by atoms with Crippen molar-refractivity contribution in [1.29, 1.82) is 0 Å².